The number of para-hydroxylation sites is 1. The summed E-state index contributed by atoms with van der Waals surface area (Å²) in [5.74, 6) is -1.04. The van der Waals surface area contributed by atoms with Gasteiger partial charge >= 0.3 is 6.18 Å². The maximum Gasteiger partial charge on any atom is 0.417 e. The molecule has 0 saturated heterocycles. The van der Waals surface area contributed by atoms with Crippen LogP contribution in [0.4, 0.5) is 18.9 Å². The highest BCUT2D eigenvalue weighted by Gasteiger charge is 2.35. The third kappa shape index (κ3) is 7.13. The lowest BCUT2D eigenvalue weighted by molar-refractivity contribution is -0.137. The molecule has 0 fully saturated rings. The van der Waals surface area contributed by atoms with E-state index in [2.05, 4.69) is 0 Å². The Hall–Kier alpha value is -4.89. The van der Waals surface area contributed by atoms with E-state index < -0.39 is 49.0 Å². The Morgan fingerprint density at radius 3 is 2.24 bits per heavy atom. The largest absolute Gasteiger partial charge is 0.496 e. The number of aliphatic hydroxyl groups excluding tert-OH is 4. The van der Waals surface area contributed by atoms with Gasteiger partial charge in [0.05, 0.1) is 57.8 Å². The second kappa shape index (κ2) is 14.7. The van der Waals surface area contributed by atoms with Gasteiger partial charge in [-0.1, -0.05) is 36.4 Å². The number of hydrogen-bond donors (Lipinski definition) is 4. The van der Waals surface area contributed by atoms with E-state index in [0.717, 1.165) is 6.07 Å². The van der Waals surface area contributed by atoms with E-state index in [1.807, 2.05) is 0 Å². The molecular formula is C35H36F3N3O8. The highest BCUT2D eigenvalue weighted by molar-refractivity contribution is 6.09. The smallest absolute Gasteiger partial charge is 0.417 e. The number of benzene rings is 3. The summed E-state index contributed by atoms with van der Waals surface area (Å²) in [5, 5.41) is 39.0. The number of halogens is 3. The predicted octanol–water partition coefficient (Wildman–Crippen LogP) is 3.55. The maximum atomic E-state index is 14.4. The molecule has 0 bridgehead atoms. The Bertz CT molecular complexity index is 1830. The number of methoxy groups -OCH3 is 2. The molecule has 0 aliphatic carbocycles. The fourth-order valence-corrected chi connectivity index (χ4v) is 5.94. The zero-order valence-electron chi connectivity index (χ0n) is 26.7. The third-order valence-corrected chi connectivity index (χ3v) is 8.44. The summed E-state index contributed by atoms with van der Waals surface area (Å²) in [7, 11) is 2.61. The molecule has 2 atom stereocenters. The van der Waals surface area contributed by atoms with Crippen molar-refractivity contribution >= 4 is 17.5 Å². The van der Waals surface area contributed by atoms with Gasteiger partial charge in [0.15, 0.2) is 0 Å². The van der Waals surface area contributed by atoms with Crippen molar-refractivity contribution in [2.24, 2.45) is 0 Å². The van der Waals surface area contributed by atoms with Crippen LogP contribution < -0.4 is 14.4 Å². The third-order valence-electron chi connectivity index (χ3n) is 8.44. The monoisotopic (exact) mass is 683 g/mol. The Morgan fingerprint density at radius 2 is 1.57 bits per heavy atom. The predicted molar refractivity (Wildman–Crippen MR) is 173 cm³/mol. The number of hydrogen-bond acceptors (Lipinski definition) is 8. The number of alkyl halides is 3. The fourth-order valence-electron chi connectivity index (χ4n) is 5.94. The van der Waals surface area contributed by atoms with Crippen LogP contribution in [0.1, 0.15) is 37.7 Å². The Labute approximate surface area is 280 Å². The molecule has 1 aliphatic heterocycles. The topological polar surface area (TPSA) is 145 Å². The first-order chi connectivity index (χ1) is 23.4. The van der Waals surface area contributed by atoms with Crippen LogP contribution in [-0.4, -0.2) is 94.4 Å². The summed E-state index contributed by atoms with van der Waals surface area (Å²) in [6.07, 6.45) is -7.61. The summed E-state index contributed by atoms with van der Waals surface area (Å²) in [5.41, 5.74) is 1.05. The van der Waals surface area contributed by atoms with Gasteiger partial charge in [-0.05, 0) is 47.5 Å². The molecule has 3 aromatic carbocycles. The van der Waals surface area contributed by atoms with Gasteiger partial charge in [-0.3, -0.25) is 9.59 Å². The summed E-state index contributed by atoms with van der Waals surface area (Å²) < 4.78 is 54.6. The second-order valence-corrected chi connectivity index (χ2v) is 11.4. The number of amides is 2. The van der Waals surface area contributed by atoms with Crippen LogP contribution in [-0.2, 0) is 19.3 Å². The average Bonchev–Trinajstić information content (AvgIpc) is 3.41. The van der Waals surface area contributed by atoms with Crippen molar-refractivity contribution in [2.45, 2.75) is 31.5 Å². The summed E-state index contributed by atoms with van der Waals surface area (Å²) in [4.78, 5) is 30.8. The molecule has 260 valence electrons. The number of rotatable bonds is 11. The van der Waals surface area contributed by atoms with Crippen LogP contribution in [0.5, 0.6) is 11.5 Å². The minimum Gasteiger partial charge on any atom is -0.496 e. The minimum absolute atomic E-state index is 0.0148. The number of aliphatic hydroxyl groups is 4. The van der Waals surface area contributed by atoms with Crippen molar-refractivity contribution in [3.05, 3.63) is 101 Å². The Morgan fingerprint density at radius 1 is 0.878 bits per heavy atom. The number of carbonyl (C=O) groups is 2. The minimum atomic E-state index is -4.65. The lowest BCUT2D eigenvalue weighted by atomic mass is 9.96. The van der Waals surface area contributed by atoms with Crippen molar-refractivity contribution in [1.29, 1.82) is 0 Å². The highest BCUT2D eigenvalue weighted by Crippen LogP contribution is 2.43. The first kappa shape index (κ1) is 35.4. The molecule has 0 radical (unpaired) electrons. The molecule has 1 aliphatic rings. The second-order valence-electron chi connectivity index (χ2n) is 11.4. The zero-order valence-corrected chi connectivity index (χ0v) is 26.7. The molecule has 4 aromatic rings. The van der Waals surface area contributed by atoms with Gasteiger partial charge in [0.1, 0.15) is 23.3 Å². The van der Waals surface area contributed by atoms with E-state index in [1.165, 1.54) is 54.4 Å². The molecule has 1 aromatic heterocycles. The van der Waals surface area contributed by atoms with E-state index in [1.54, 1.807) is 41.0 Å². The molecule has 2 amide bonds. The molecule has 4 N–H and O–H groups in total. The number of anilines is 1. The standard InChI is InChI=1S/C35H36F3N3O8/c1-48-31-16-25(32(49-2)15-24(31)23-8-4-5-9-26(23)35(36,37)38)33(46)41-18-22-11-12-28(40(22)17-21-7-3-6-10-27(21)41)34(47)39(13-14-42)19-29(44)30(45)20-43/h3-12,15-16,29-30,42-45H,13-14,17-20H2,1-2H3. The molecule has 2 heterocycles. The number of fused-ring (bicyclic) bond motifs is 2. The van der Waals surface area contributed by atoms with Gasteiger partial charge in [-0.25, -0.2) is 0 Å². The molecule has 49 heavy (non-hydrogen) atoms. The fraction of sp³-hybridized carbons (Fsp3) is 0.314. The van der Waals surface area contributed by atoms with E-state index in [0.29, 0.717) is 16.9 Å². The number of aromatic nitrogens is 1. The van der Waals surface area contributed by atoms with Gasteiger partial charge in [0.25, 0.3) is 11.8 Å². The molecule has 5 rings (SSSR count). The van der Waals surface area contributed by atoms with Crippen LogP contribution >= 0.6 is 0 Å². The molecule has 11 nitrogen and oxygen atoms in total. The van der Waals surface area contributed by atoms with Gasteiger partial charge in [-0.15, -0.1) is 0 Å². The van der Waals surface area contributed by atoms with Crippen molar-refractivity contribution in [3.8, 4) is 22.6 Å². The van der Waals surface area contributed by atoms with Crippen molar-refractivity contribution in [1.82, 2.24) is 9.47 Å². The summed E-state index contributed by atoms with van der Waals surface area (Å²) in [6.45, 7) is -1.48. The number of carbonyl (C=O) groups excluding carboxylic acids is 2. The SMILES string of the molecule is COc1cc(-c2ccccc2C(F)(F)F)c(OC)cc1C(=O)N1Cc2ccc(C(=O)N(CCO)CC(O)C(O)CO)n2Cc2ccccc21. The maximum absolute atomic E-state index is 14.4. The normalized spacial score (nSPS) is 13.9. The van der Waals surface area contributed by atoms with Gasteiger partial charge in [0.2, 0.25) is 0 Å². The first-order valence-electron chi connectivity index (χ1n) is 15.3. The molecule has 0 saturated carbocycles. The Balaban J connectivity index is 1.55. The van der Waals surface area contributed by atoms with Crippen molar-refractivity contribution in [3.63, 3.8) is 0 Å². The number of nitrogens with zero attached hydrogens (tertiary/aromatic N) is 3. The lowest BCUT2D eigenvalue weighted by Crippen LogP contribution is -2.45. The zero-order chi connectivity index (χ0) is 35.5. The van der Waals surface area contributed by atoms with Crippen LogP contribution in [0, 0.1) is 0 Å². The quantitative estimate of drug-likeness (QED) is 0.188. The van der Waals surface area contributed by atoms with Gasteiger partial charge < -0.3 is 44.3 Å². The molecule has 2 unspecified atom stereocenters. The van der Waals surface area contributed by atoms with Crippen molar-refractivity contribution in [2.75, 3.05) is 45.4 Å². The van der Waals surface area contributed by atoms with Crippen LogP contribution in [0.15, 0.2) is 72.8 Å². The van der Waals surface area contributed by atoms with E-state index >= 15 is 0 Å². The van der Waals surface area contributed by atoms with E-state index in [9.17, 15) is 43.2 Å². The van der Waals surface area contributed by atoms with Crippen molar-refractivity contribution < 1.29 is 52.7 Å². The summed E-state index contributed by atoms with van der Waals surface area (Å²) in [6, 6.07) is 18.0. The van der Waals surface area contributed by atoms with E-state index in [4.69, 9.17) is 9.47 Å². The van der Waals surface area contributed by atoms with Crippen LogP contribution in [0.25, 0.3) is 11.1 Å². The molecule has 0 spiro atoms. The van der Waals surface area contributed by atoms with Crippen LogP contribution in [0.3, 0.4) is 0 Å². The summed E-state index contributed by atoms with van der Waals surface area (Å²) >= 11 is 0. The molecular weight excluding hydrogens is 647 g/mol. The first-order valence-corrected chi connectivity index (χ1v) is 15.3. The number of ether oxygens (including phenoxy) is 2. The lowest BCUT2D eigenvalue weighted by Gasteiger charge is -2.27. The van der Waals surface area contributed by atoms with Gasteiger partial charge in [-0.2, -0.15) is 13.2 Å². The average molecular weight is 684 g/mol. The van der Waals surface area contributed by atoms with Gasteiger partial charge in [0, 0.05) is 30.0 Å². The Kier molecular flexibility index (Phi) is 10.6. The van der Waals surface area contributed by atoms with Crippen LogP contribution in [0.2, 0.25) is 0 Å². The molecule has 14 heteroatoms. The highest BCUT2D eigenvalue weighted by atomic mass is 19.4. The van der Waals surface area contributed by atoms with E-state index in [-0.39, 0.29) is 60.1 Å².